The number of anilines is 1. The molecule has 0 fully saturated rings. The number of hydrogen-bond donors (Lipinski definition) is 1. The first kappa shape index (κ1) is 14.3. The van der Waals surface area contributed by atoms with Gasteiger partial charge in [-0.05, 0) is 6.07 Å². The number of rotatable bonds is 4. The second kappa shape index (κ2) is 5.11. The van der Waals surface area contributed by atoms with Gasteiger partial charge in [0.15, 0.2) is 5.82 Å². The summed E-state index contributed by atoms with van der Waals surface area (Å²) in [5.74, 6) is -0.0653. The van der Waals surface area contributed by atoms with E-state index in [0.29, 0.717) is 6.54 Å². The van der Waals surface area contributed by atoms with Crippen molar-refractivity contribution in [3.05, 3.63) is 24.2 Å². The predicted molar refractivity (Wildman–Crippen MR) is 77.2 cm³/mol. The van der Waals surface area contributed by atoms with Crippen molar-refractivity contribution in [2.45, 2.75) is 32.6 Å². The van der Waals surface area contributed by atoms with E-state index >= 15 is 0 Å². The Morgan fingerprint density at radius 1 is 1.45 bits per heavy atom. The number of nitrogens with zero attached hydrogens (tertiary/aromatic N) is 4. The minimum atomic E-state index is -0.812. The molecule has 6 nitrogen and oxygen atoms in total. The summed E-state index contributed by atoms with van der Waals surface area (Å²) >= 11 is 0. The number of fused-ring (bicyclic) bond motifs is 1. The highest BCUT2D eigenvalue weighted by atomic mass is 16.4. The van der Waals surface area contributed by atoms with Crippen molar-refractivity contribution in [1.29, 1.82) is 0 Å². The lowest BCUT2D eigenvalue weighted by atomic mass is 9.92. The van der Waals surface area contributed by atoms with Gasteiger partial charge in [0.05, 0.1) is 12.1 Å². The molecule has 0 radical (unpaired) electrons. The van der Waals surface area contributed by atoms with Crippen molar-refractivity contribution < 1.29 is 9.90 Å². The maximum Gasteiger partial charge on any atom is 0.305 e. The molecule has 2 heterocycles. The molecule has 0 atom stereocenters. The average Bonchev–Trinajstić information content (AvgIpc) is 2.79. The van der Waals surface area contributed by atoms with Crippen molar-refractivity contribution in [2.24, 2.45) is 0 Å². The molecule has 0 saturated heterocycles. The molecule has 108 valence electrons. The Morgan fingerprint density at radius 3 is 2.75 bits per heavy atom. The third-order valence-corrected chi connectivity index (χ3v) is 3.16. The highest BCUT2D eigenvalue weighted by molar-refractivity contribution is 5.71. The number of aromatic nitrogens is 3. The Kier molecular flexibility index (Phi) is 3.65. The number of hydrogen-bond acceptors (Lipinski definition) is 4. The van der Waals surface area contributed by atoms with Gasteiger partial charge in [-0.25, -0.2) is 9.50 Å². The van der Waals surface area contributed by atoms with E-state index in [1.807, 2.05) is 18.0 Å². The third-order valence-electron chi connectivity index (χ3n) is 3.16. The van der Waals surface area contributed by atoms with Crippen LogP contribution in [-0.4, -0.2) is 39.3 Å². The van der Waals surface area contributed by atoms with Gasteiger partial charge in [-0.2, -0.15) is 5.10 Å². The van der Waals surface area contributed by atoms with Gasteiger partial charge in [-0.15, -0.1) is 0 Å². The van der Waals surface area contributed by atoms with Crippen LogP contribution in [0.5, 0.6) is 0 Å². The fourth-order valence-corrected chi connectivity index (χ4v) is 1.94. The van der Waals surface area contributed by atoms with Crippen molar-refractivity contribution in [2.75, 3.05) is 18.5 Å². The van der Waals surface area contributed by atoms with Crippen LogP contribution in [0.4, 0.5) is 5.82 Å². The molecular weight excluding hydrogens is 256 g/mol. The first-order chi connectivity index (χ1) is 9.29. The van der Waals surface area contributed by atoms with Crippen LogP contribution in [0.1, 0.15) is 32.9 Å². The minimum Gasteiger partial charge on any atom is -0.481 e. The summed E-state index contributed by atoms with van der Waals surface area (Å²) in [5, 5.41) is 13.3. The van der Waals surface area contributed by atoms with Crippen LogP contribution in [0.3, 0.4) is 0 Å². The molecule has 0 spiro atoms. The topological polar surface area (TPSA) is 70.7 Å². The summed E-state index contributed by atoms with van der Waals surface area (Å²) in [4.78, 5) is 16.9. The number of carbonyl (C=O) groups is 1. The Balaban J connectivity index is 2.38. The summed E-state index contributed by atoms with van der Waals surface area (Å²) in [5.41, 5.74) is 1.84. The van der Waals surface area contributed by atoms with Gasteiger partial charge < -0.3 is 10.0 Å². The standard InChI is InChI=1S/C14H20N4O2/c1-14(2,3)11-9-10-13(15-6-8-18(10)16-11)17(4)7-5-12(19)20/h6,8-9H,5,7H2,1-4H3,(H,19,20). The molecule has 0 amide bonds. The fourth-order valence-electron chi connectivity index (χ4n) is 1.94. The zero-order valence-corrected chi connectivity index (χ0v) is 12.3. The SMILES string of the molecule is CN(CCC(=O)O)c1nccn2nc(C(C)(C)C)cc12. The first-order valence-electron chi connectivity index (χ1n) is 6.57. The molecule has 1 N–H and O–H groups in total. The summed E-state index contributed by atoms with van der Waals surface area (Å²) in [7, 11) is 1.84. The van der Waals surface area contributed by atoms with Crippen LogP contribution in [0.25, 0.3) is 5.52 Å². The zero-order valence-electron chi connectivity index (χ0n) is 12.3. The van der Waals surface area contributed by atoms with Crippen LogP contribution in [0.2, 0.25) is 0 Å². The second-order valence-corrected chi connectivity index (χ2v) is 5.93. The maximum atomic E-state index is 10.7. The quantitative estimate of drug-likeness (QED) is 0.924. The highest BCUT2D eigenvalue weighted by Crippen LogP contribution is 2.25. The average molecular weight is 276 g/mol. The third kappa shape index (κ3) is 2.89. The van der Waals surface area contributed by atoms with Crippen LogP contribution < -0.4 is 4.90 Å². The minimum absolute atomic E-state index is 0.0388. The molecule has 20 heavy (non-hydrogen) atoms. The summed E-state index contributed by atoms with van der Waals surface area (Å²) in [6, 6.07) is 2.01. The van der Waals surface area contributed by atoms with Gasteiger partial charge in [0.25, 0.3) is 0 Å². The highest BCUT2D eigenvalue weighted by Gasteiger charge is 2.20. The number of carboxylic acid groups (broad SMARTS) is 1. The predicted octanol–water partition coefficient (Wildman–Crippen LogP) is 1.94. The summed E-state index contributed by atoms with van der Waals surface area (Å²) < 4.78 is 1.79. The van der Waals surface area contributed by atoms with Crippen molar-refractivity contribution >= 4 is 17.3 Å². The van der Waals surface area contributed by atoms with Crippen molar-refractivity contribution in [3.8, 4) is 0 Å². The molecule has 0 aliphatic heterocycles. The number of aliphatic carboxylic acids is 1. The van der Waals surface area contributed by atoms with Gasteiger partial charge in [-0.1, -0.05) is 20.8 Å². The van der Waals surface area contributed by atoms with Gasteiger partial charge in [0.1, 0.15) is 5.52 Å². The van der Waals surface area contributed by atoms with Gasteiger partial charge in [-0.3, -0.25) is 4.79 Å². The Hall–Kier alpha value is -2.11. The zero-order chi connectivity index (χ0) is 14.9. The molecule has 0 aliphatic carbocycles. The summed E-state index contributed by atoms with van der Waals surface area (Å²) in [6.45, 7) is 6.74. The van der Waals surface area contributed by atoms with Gasteiger partial charge in [0.2, 0.25) is 0 Å². The van der Waals surface area contributed by atoms with Gasteiger partial charge >= 0.3 is 5.97 Å². The van der Waals surface area contributed by atoms with E-state index in [2.05, 4.69) is 30.9 Å². The van der Waals surface area contributed by atoms with Crippen LogP contribution in [0.15, 0.2) is 18.5 Å². The molecule has 0 bridgehead atoms. The lowest BCUT2D eigenvalue weighted by Gasteiger charge is -2.17. The first-order valence-corrected chi connectivity index (χ1v) is 6.57. The van der Waals surface area contributed by atoms with E-state index in [1.54, 1.807) is 16.9 Å². The molecule has 0 unspecified atom stereocenters. The smallest absolute Gasteiger partial charge is 0.305 e. The fraction of sp³-hybridized carbons (Fsp3) is 0.500. The van der Waals surface area contributed by atoms with Crippen LogP contribution >= 0.6 is 0 Å². The van der Waals surface area contributed by atoms with Crippen LogP contribution in [0, 0.1) is 0 Å². The Labute approximate surface area is 118 Å². The lowest BCUT2D eigenvalue weighted by Crippen LogP contribution is -2.22. The van der Waals surface area contributed by atoms with Crippen molar-refractivity contribution in [1.82, 2.24) is 14.6 Å². The maximum absolute atomic E-state index is 10.7. The van der Waals surface area contributed by atoms with Crippen molar-refractivity contribution in [3.63, 3.8) is 0 Å². The molecule has 0 aromatic carbocycles. The molecular formula is C14H20N4O2. The van der Waals surface area contributed by atoms with Crippen LogP contribution in [-0.2, 0) is 10.2 Å². The molecule has 2 rings (SSSR count). The normalized spacial score (nSPS) is 11.8. The molecule has 2 aromatic rings. The number of carboxylic acids is 1. The van der Waals surface area contributed by atoms with E-state index in [9.17, 15) is 4.79 Å². The van der Waals surface area contributed by atoms with E-state index in [0.717, 1.165) is 17.0 Å². The molecule has 2 aromatic heterocycles. The van der Waals surface area contributed by atoms with E-state index in [4.69, 9.17) is 5.11 Å². The van der Waals surface area contributed by atoms with Gasteiger partial charge in [0, 0.05) is 31.4 Å². The van der Waals surface area contributed by atoms with E-state index in [1.165, 1.54) is 0 Å². The summed E-state index contributed by atoms with van der Waals surface area (Å²) in [6.07, 6.45) is 3.57. The molecule has 0 saturated carbocycles. The molecule has 0 aliphatic rings. The van der Waals surface area contributed by atoms with E-state index in [-0.39, 0.29) is 11.8 Å². The molecule has 6 heteroatoms. The Morgan fingerprint density at radius 2 is 2.15 bits per heavy atom. The monoisotopic (exact) mass is 276 g/mol. The largest absolute Gasteiger partial charge is 0.481 e. The lowest BCUT2D eigenvalue weighted by molar-refractivity contribution is -0.136. The van der Waals surface area contributed by atoms with E-state index < -0.39 is 5.97 Å². The Bertz CT molecular complexity index is 628. The second-order valence-electron chi connectivity index (χ2n) is 5.93.